The highest BCUT2D eigenvalue weighted by atomic mass is 31.2. The van der Waals surface area contributed by atoms with Crippen molar-refractivity contribution in [3.05, 3.63) is 64.8 Å². The SMILES string of the molecule is CCOP(=O)(OCC)Oc1ccc(-c2cc(=O)c3ccccc3o2)cc1. The Bertz CT molecular complexity index is 983. The lowest BCUT2D eigenvalue weighted by Gasteiger charge is -2.17. The largest absolute Gasteiger partial charge is 0.530 e. The second-order valence-corrected chi connectivity index (χ2v) is 6.96. The molecule has 0 radical (unpaired) electrons. The number of hydrogen-bond donors (Lipinski definition) is 0. The van der Waals surface area contributed by atoms with Crippen LogP contribution in [-0.2, 0) is 13.6 Å². The van der Waals surface area contributed by atoms with E-state index >= 15 is 0 Å². The molecule has 0 amide bonds. The van der Waals surface area contributed by atoms with Crippen molar-refractivity contribution in [2.24, 2.45) is 0 Å². The van der Waals surface area contributed by atoms with Crippen molar-refractivity contribution >= 4 is 18.8 Å². The third-order valence-corrected chi connectivity index (χ3v) is 5.15. The molecule has 7 heteroatoms. The van der Waals surface area contributed by atoms with Gasteiger partial charge >= 0.3 is 7.82 Å². The van der Waals surface area contributed by atoms with E-state index in [0.29, 0.717) is 28.0 Å². The number of rotatable bonds is 7. The second kappa shape index (κ2) is 7.87. The van der Waals surface area contributed by atoms with Gasteiger partial charge in [0.1, 0.15) is 17.1 Å². The van der Waals surface area contributed by atoms with Gasteiger partial charge in [0.05, 0.1) is 18.6 Å². The molecule has 6 nitrogen and oxygen atoms in total. The lowest BCUT2D eigenvalue weighted by atomic mass is 10.1. The Kier molecular flexibility index (Phi) is 5.57. The van der Waals surface area contributed by atoms with E-state index in [4.69, 9.17) is 18.0 Å². The maximum Gasteiger partial charge on any atom is 0.530 e. The molecular weight excluding hydrogens is 355 g/mol. The van der Waals surface area contributed by atoms with Crippen molar-refractivity contribution < 1.29 is 22.6 Å². The summed E-state index contributed by atoms with van der Waals surface area (Å²) in [5, 5.41) is 0.533. The topological polar surface area (TPSA) is 75.0 Å². The van der Waals surface area contributed by atoms with Gasteiger partial charge in [-0.1, -0.05) is 12.1 Å². The molecular formula is C19H19O6P. The summed E-state index contributed by atoms with van der Waals surface area (Å²) in [6.07, 6.45) is 0. The van der Waals surface area contributed by atoms with Crippen LogP contribution in [0.15, 0.2) is 63.8 Å². The predicted octanol–water partition coefficient (Wildman–Crippen LogP) is 5.02. The molecule has 1 heterocycles. The van der Waals surface area contributed by atoms with E-state index in [9.17, 15) is 9.36 Å². The normalized spacial score (nSPS) is 11.6. The summed E-state index contributed by atoms with van der Waals surface area (Å²) in [6, 6.07) is 15.2. The quantitative estimate of drug-likeness (QED) is 0.541. The Morgan fingerprint density at radius 2 is 1.62 bits per heavy atom. The molecule has 0 atom stereocenters. The average Bonchev–Trinajstić information content (AvgIpc) is 2.62. The van der Waals surface area contributed by atoms with E-state index in [2.05, 4.69) is 0 Å². The zero-order chi connectivity index (χ0) is 18.6. The third-order valence-electron chi connectivity index (χ3n) is 3.57. The van der Waals surface area contributed by atoms with Crippen LogP contribution in [-0.4, -0.2) is 13.2 Å². The van der Waals surface area contributed by atoms with Gasteiger partial charge in [0.2, 0.25) is 0 Å². The molecule has 0 saturated heterocycles. The van der Waals surface area contributed by atoms with Crippen LogP contribution in [0.4, 0.5) is 0 Å². The molecule has 0 unspecified atom stereocenters. The molecule has 0 bridgehead atoms. The van der Waals surface area contributed by atoms with Crippen molar-refractivity contribution in [3.63, 3.8) is 0 Å². The first kappa shape index (κ1) is 18.4. The Morgan fingerprint density at radius 1 is 0.962 bits per heavy atom. The van der Waals surface area contributed by atoms with Gasteiger partial charge in [-0.15, -0.1) is 0 Å². The summed E-state index contributed by atoms with van der Waals surface area (Å²) in [7, 11) is -3.64. The van der Waals surface area contributed by atoms with Gasteiger partial charge in [0.15, 0.2) is 5.43 Å². The van der Waals surface area contributed by atoms with E-state index in [1.165, 1.54) is 6.07 Å². The van der Waals surface area contributed by atoms with Crippen molar-refractivity contribution in [3.8, 4) is 17.1 Å². The summed E-state index contributed by atoms with van der Waals surface area (Å²) in [4.78, 5) is 12.2. The molecule has 3 aromatic rings. The van der Waals surface area contributed by atoms with Crippen molar-refractivity contribution in [1.82, 2.24) is 0 Å². The Balaban J connectivity index is 1.88. The smallest absolute Gasteiger partial charge is 0.456 e. The fourth-order valence-corrected chi connectivity index (χ4v) is 3.65. The monoisotopic (exact) mass is 374 g/mol. The highest BCUT2D eigenvalue weighted by molar-refractivity contribution is 7.48. The van der Waals surface area contributed by atoms with Crippen LogP contribution in [0.1, 0.15) is 13.8 Å². The third kappa shape index (κ3) is 4.05. The van der Waals surface area contributed by atoms with Crippen LogP contribution in [0.25, 0.3) is 22.3 Å². The standard InChI is InChI=1S/C19H19O6P/c1-3-22-26(21,23-4-2)25-15-11-9-14(10-12-15)19-13-17(20)16-7-5-6-8-18(16)24-19/h5-13H,3-4H2,1-2H3. The molecule has 0 aliphatic heterocycles. The molecule has 0 saturated carbocycles. The van der Waals surface area contributed by atoms with Gasteiger partial charge in [0.25, 0.3) is 0 Å². The Morgan fingerprint density at radius 3 is 2.27 bits per heavy atom. The summed E-state index contributed by atoms with van der Waals surface area (Å²) in [5.74, 6) is 0.778. The summed E-state index contributed by atoms with van der Waals surface area (Å²) >= 11 is 0. The van der Waals surface area contributed by atoms with Gasteiger partial charge < -0.3 is 8.94 Å². The van der Waals surface area contributed by atoms with Crippen LogP contribution in [0.5, 0.6) is 5.75 Å². The first-order valence-corrected chi connectivity index (χ1v) is 9.73. The molecule has 26 heavy (non-hydrogen) atoms. The van der Waals surface area contributed by atoms with E-state index in [-0.39, 0.29) is 18.6 Å². The highest BCUT2D eigenvalue weighted by Gasteiger charge is 2.27. The lowest BCUT2D eigenvalue weighted by Crippen LogP contribution is -2.02. The Labute approximate surface area is 150 Å². The summed E-state index contributed by atoms with van der Waals surface area (Å²) in [6.45, 7) is 3.83. The Hall–Kier alpha value is -2.40. The summed E-state index contributed by atoms with van der Waals surface area (Å²) < 4.78 is 33.8. The van der Waals surface area contributed by atoms with Crippen LogP contribution in [0.3, 0.4) is 0 Å². The zero-order valence-electron chi connectivity index (χ0n) is 14.5. The molecule has 3 rings (SSSR count). The molecule has 0 N–H and O–H groups in total. The average molecular weight is 374 g/mol. The maximum absolute atomic E-state index is 12.4. The van der Waals surface area contributed by atoms with Crippen LogP contribution < -0.4 is 9.95 Å². The number of hydrogen-bond acceptors (Lipinski definition) is 6. The number of para-hydroxylation sites is 1. The second-order valence-electron chi connectivity index (χ2n) is 5.37. The molecule has 1 aromatic heterocycles. The lowest BCUT2D eigenvalue weighted by molar-refractivity contribution is 0.167. The van der Waals surface area contributed by atoms with Crippen molar-refractivity contribution in [2.45, 2.75) is 13.8 Å². The fraction of sp³-hybridized carbons (Fsp3) is 0.211. The molecule has 0 fully saturated rings. The highest BCUT2D eigenvalue weighted by Crippen LogP contribution is 2.49. The van der Waals surface area contributed by atoms with Gasteiger partial charge in [-0.3, -0.25) is 13.8 Å². The minimum Gasteiger partial charge on any atom is -0.456 e. The van der Waals surface area contributed by atoms with Gasteiger partial charge in [-0.2, -0.15) is 0 Å². The maximum atomic E-state index is 12.4. The van der Waals surface area contributed by atoms with E-state index in [0.717, 1.165) is 0 Å². The van der Waals surface area contributed by atoms with Gasteiger partial charge in [0, 0.05) is 11.6 Å². The molecule has 136 valence electrons. The number of phosphoric acid groups is 1. The van der Waals surface area contributed by atoms with E-state index in [1.807, 2.05) is 6.07 Å². The minimum atomic E-state index is -3.64. The zero-order valence-corrected chi connectivity index (χ0v) is 15.4. The number of fused-ring (bicyclic) bond motifs is 1. The molecule has 0 aliphatic rings. The summed E-state index contributed by atoms with van der Waals surface area (Å²) in [5.41, 5.74) is 1.11. The molecule has 0 spiro atoms. The molecule has 0 aliphatic carbocycles. The van der Waals surface area contributed by atoms with Crippen molar-refractivity contribution in [1.29, 1.82) is 0 Å². The van der Waals surface area contributed by atoms with Gasteiger partial charge in [-0.05, 0) is 50.2 Å². The van der Waals surface area contributed by atoms with E-state index in [1.54, 1.807) is 56.3 Å². The van der Waals surface area contributed by atoms with Crippen molar-refractivity contribution in [2.75, 3.05) is 13.2 Å². The first-order valence-electron chi connectivity index (χ1n) is 8.26. The minimum absolute atomic E-state index is 0.112. The van der Waals surface area contributed by atoms with Gasteiger partial charge in [-0.25, -0.2) is 4.57 Å². The number of benzene rings is 2. The van der Waals surface area contributed by atoms with E-state index < -0.39 is 7.82 Å². The van der Waals surface area contributed by atoms with Crippen LogP contribution in [0, 0.1) is 0 Å². The fourth-order valence-electron chi connectivity index (χ4n) is 2.46. The first-order chi connectivity index (χ1) is 12.5. The number of phosphoric ester groups is 1. The van der Waals surface area contributed by atoms with Crippen LogP contribution >= 0.6 is 7.82 Å². The molecule has 2 aromatic carbocycles. The van der Waals surface area contributed by atoms with Crippen LogP contribution in [0.2, 0.25) is 0 Å². The predicted molar refractivity (Wildman–Crippen MR) is 99.4 cm³/mol.